The third-order valence-electron chi connectivity index (χ3n) is 2.82. The second kappa shape index (κ2) is 6.51. The summed E-state index contributed by atoms with van der Waals surface area (Å²) >= 11 is 0. The molecular weight excluding hydrogens is 258 g/mol. The molecule has 0 unspecified atom stereocenters. The van der Waals surface area contributed by atoms with Gasteiger partial charge in [0.1, 0.15) is 5.82 Å². The summed E-state index contributed by atoms with van der Waals surface area (Å²) in [7, 11) is 0. The van der Waals surface area contributed by atoms with E-state index >= 15 is 0 Å². The number of rotatable bonds is 6. The van der Waals surface area contributed by atoms with Crippen molar-refractivity contribution in [1.29, 1.82) is 0 Å². The summed E-state index contributed by atoms with van der Waals surface area (Å²) in [4.78, 5) is 29.6. The van der Waals surface area contributed by atoms with Crippen molar-refractivity contribution < 1.29 is 14.7 Å². The zero-order chi connectivity index (χ0) is 14.4. The number of aromatic nitrogens is 2. The lowest BCUT2D eigenvalue weighted by atomic mass is 10.1. The summed E-state index contributed by atoms with van der Waals surface area (Å²) in [5, 5.41) is 11.6. The van der Waals surface area contributed by atoms with Crippen LogP contribution in [0.15, 0.2) is 36.7 Å². The van der Waals surface area contributed by atoms with E-state index in [-0.39, 0.29) is 11.5 Å². The summed E-state index contributed by atoms with van der Waals surface area (Å²) in [6.07, 6.45) is 5.01. The number of hydrogen-bond acceptors (Lipinski definition) is 3. The molecule has 0 atom stereocenters. The Morgan fingerprint density at radius 3 is 2.50 bits per heavy atom. The minimum atomic E-state index is -1.00. The molecular formula is C14H15N3O3. The average molecular weight is 273 g/mol. The minimum Gasteiger partial charge on any atom is -0.478 e. The van der Waals surface area contributed by atoms with Gasteiger partial charge in [0.05, 0.1) is 5.56 Å². The van der Waals surface area contributed by atoms with E-state index in [1.807, 2.05) is 0 Å². The van der Waals surface area contributed by atoms with Crippen molar-refractivity contribution >= 4 is 11.9 Å². The van der Waals surface area contributed by atoms with E-state index in [1.165, 1.54) is 24.3 Å². The molecule has 0 radical (unpaired) electrons. The maximum absolute atomic E-state index is 11.8. The zero-order valence-corrected chi connectivity index (χ0v) is 10.8. The van der Waals surface area contributed by atoms with Crippen LogP contribution in [0.2, 0.25) is 0 Å². The lowest BCUT2D eigenvalue weighted by Gasteiger charge is -2.05. The fraction of sp³-hybridized carbons (Fsp3) is 0.214. The van der Waals surface area contributed by atoms with E-state index in [0.29, 0.717) is 12.1 Å². The second-order valence-electron chi connectivity index (χ2n) is 4.28. The number of benzene rings is 1. The van der Waals surface area contributed by atoms with Crippen LogP contribution in [-0.4, -0.2) is 33.5 Å². The number of aromatic carboxylic acids is 1. The van der Waals surface area contributed by atoms with Gasteiger partial charge in [0.2, 0.25) is 0 Å². The van der Waals surface area contributed by atoms with Crippen LogP contribution in [0.25, 0.3) is 0 Å². The van der Waals surface area contributed by atoms with Crippen molar-refractivity contribution in [2.24, 2.45) is 0 Å². The number of hydrogen-bond donors (Lipinski definition) is 3. The van der Waals surface area contributed by atoms with Crippen LogP contribution in [-0.2, 0) is 6.42 Å². The summed E-state index contributed by atoms with van der Waals surface area (Å²) in [5.74, 6) is -0.318. The average Bonchev–Trinajstić information content (AvgIpc) is 2.96. The Balaban J connectivity index is 1.78. The molecule has 0 aliphatic rings. The largest absolute Gasteiger partial charge is 0.478 e. The standard InChI is InChI=1S/C14H15N3O3/c18-13(10-3-5-11(6-4-10)14(19)20)17-7-1-2-12-15-8-9-16-12/h3-6,8-9H,1-2,7H2,(H,15,16)(H,17,18)(H,19,20). The molecule has 3 N–H and O–H groups in total. The topological polar surface area (TPSA) is 95.1 Å². The molecule has 0 fully saturated rings. The van der Waals surface area contributed by atoms with Crippen molar-refractivity contribution in [1.82, 2.24) is 15.3 Å². The molecule has 0 spiro atoms. The van der Waals surface area contributed by atoms with Crippen molar-refractivity contribution in [2.75, 3.05) is 6.54 Å². The van der Waals surface area contributed by atoms with Gasteiger partial charge in [-0.1, -0.05) is 0 Å². The molecule has 0 saturated carbocycles. The number of carboxylic acids is 1. The number of carbonyl (C=O) groups excluding carboxylic acids is 1. The van der Waals surface area contributed by atoms with Crippen LogP contribution in [0, 0.1) is 0 Å². The maximum Gasteiger partial charge on any atom is 0.335 e. The van der Waals surface area contributed by atoms with Gasteiger partial charge in [0.15, 0.2) is 0 Å². The van der Waals surface area contributed by atoms with Crippen molar-refractivity contribution in [2.45, 2.75) is 12.8 Å². The van der Waals surface area contributed by atoms with E-state index in [2.05, 4.69) is 15.3 Å². The molecule has 104 valence electrons. The van der Waals surface area contributed by atoms with Crippen molar-refractivity contribution in [3.05, 3.63) is 53.6 Å². The third kappa shape index (κ3) is 3.68. The molecule has 1 aromatic heterocycles. The van der Waals surface area contributed by atoms with Gasteiger partial charge in [-0.15, -0.1) is 0 Å². The molecule has 0 saturated heterocycles. The molecule has 0 aliphatic carbocycles. The first-order valence-corrected chi connectivity index (χ1v) is 6.26. The van der Waals surface area contributed by atoms with Crippen LogP contribution in [0.1, 0.15) is 33.0 Å². The number of nitrogens with zero attached hydrogens (tertiary/aromatic N) is 1. The molecule has 1 heterocycles. The van der Waals surface area contributed by atoms with E-state index in [0.717, 1.165) is 18.7 Å². The lowest BCUT2D eigenvalue weighted by molar-refractivity contribution is 0.0696. The summed E-state index contributed by atoms with van der Waals surface area (Å²) in [5.41, 5.74) is 0.618. The fourth-order valence-corrected chi connectivity index (χ4v) is 1.76. The van der Waals surface area contributed by atoms with Crippen LogP contribution < -0.4 is 5.32 Å². The van der Waals surface area contributed by atoms with Crippen LogP contribution in [0.3, 0.4) is 0 Å². The van der Waals surface area contributed by atoms with E-state index in [4.69, 9.17) is 5.11 Å². The van der Waals surface area contributed by atoms with E-state index < -0.39 is 5.97 Å². The van der Waals surface area contributed by atoms with E-state index in [1.54, 1.807) is 12.4 Å². The number of H-pyrrole nitrogens is 1. The highest BCUT2D eigenvalue weighted by Crippen LogP contribution is 2.04. The Morgan fingerprint density at radius 1 is 1.20 bits per heavy atom. The Kier molecular flexibility index (Phi) is 4.49. The summed E-state index contributed by atoms with van der Waals surface area (Å²) < 4.78 is 0. The summed E-state index contributed by atoms with van der Waals surface area (Å²) in [6, 6.07) is 5.84. The smallest absolute Gasteiger partial charge is 0.335 e. The van der Waals surface area contributed by atoms with Gasteiger partial charge < -0.3 is 15.4 Å². The van der Waals surface area contributed by atoms with Crippen LogP contribution >= 0.6 is 0 Å². The van der Waals surface area contributed by atoms with E-state index in [9.17, 15) is 9.59 Å². The Bertz CT molecular complexity index is 576. The Labute approximate surface area is 115 Å². The van der Waals surface area contributed by atoms with Gasteiger partial charge in [0, 0.05) is 30.9 Å². The quantitative estimate of drug-likeness (QED) is 0.694. The number of carbonyl (C=O) groups is 2. The minimum absolute atomic E-state index is 0.166. The maximum atomic E-state index is 11.8. The highest BCUT2D eigenvalue weighted by Gasteiger charge is 2.07. The predicted molar refractivity (Wildman–Crippen MR) is 72.6 cm³/mol. The van der Waals surface area contributed by atoms with Gasteiger partial charge >= 0.3 is 5.97 Å². The fourth-order valence-electron chi connectivity index (χ4n) is 1.76. The van der Waals surface area contributed by atoms with Gasteiger partial charge in [-0.2, -0.15) is 0 Å². The van der Waals surface area contributed by atoms with Gasteiger partial charge in [-0.3, -0.25) is 4.79 Å². The Morgan fingerprint density at radius 2 is 1.90 bits per heavy atom. The number of carboxylic acid groups (broad SMARTS) is 1. The first-order valence-electron chi connectivity index (χ1n) is 6.26. The molecule has 2 aromatic rings. The van der Waals surface area contributed by atoms with Crippen molar-refractivity contribution in [3.8, 4) is 0 Å². The molecule has 1 aromatic carbocycles. The van der Waals surface area contributed by atoms with Crippen LogP contribution in [0.4, 0.5) is 0 Å². The van der Waals surface area contributed by atoms with Crippen molar-refractivity contribution in [3.63, 3.8) is 0 Å². The lowest BCUT2D eigenvalue weighted by Crippen LogP contribution is -2.24. The Hall–Kier alpha value is -2.63. The molecule has 6 nitrogen and oxygen atoms in total. The number of nitrogens with one attached hydrogen (secondary N) is 2. The number of amides is 1. The van der Waals surface area contributed by atoms with Crippen LogP contribution in [0.5, 0.6) is 0 Å². The molecule has 6 heteroatoms. The van der Waals surface area contributed by atoms with Gasteiger partial charge in [-0.05, 0) is 30.7 Å². The highest BCUT2D eigenvalue weighted by atomic mass is 16.4. The first kappa shape index (κ1) is 13.8. The normalized spacial score (nSPS) is 10.2. The third-order valence-corrected chi connectivity index (χ3v) is 2.82. The highest BCUT2D eigenvalue weighted by molar-refractivity contribution is 5.95. The molecule has 0 bridgehead atoms. The summed E-state index contributed by atoms with van der Waals surface area (Å²) in [6.45, 7) is 0.542. The first-order chi connectivity index (χ1) is 9.66. The number of aryl methyl sites for hydroxylation is 1. The second-order valence-corrected chi connectivity index (χ2v) is 4.28. The van der Waals surface area contributed by atoms with Gasteiger partial charge in [0.25, 0.3) is 5.91 Å². The zero-order valence-electron chi connectivity index (χ0n) is 10.8. The van der Waals surface area contributed by atoms with Gasteiger partial charge in [-0.25, -0.2) is 9.78 Å². The SMILES string of the molecule is O=C(O)c1ccc(C(=O)NCCCc2ncc[nH]2)cc1. The molecule has 20 heavy (non-hydrogen) atoms. The monoisotopic (exact) mass is 273 g/mol. The number of imidazole rings is 1. The molecule has 0 aliphatic heterocycles. The molecule has 2 rings (SSSR count). The predicted octanol–water partition coefficient (Wildman–Crippen LogP) is 1.47. The molecule has 1 amide bonds. The number of aromatic amines is 1.